The van der Waals surface area contributed by atoms with Crippen molar-refractivity contribution < 1.29 is 14.3 Å². The molecule has 0 bridgehead atoms. The molecule has 0 fully saturated rings. The lowest BCUT2D eigenvalue weighted by atomic mass is 10.2. The van der Waals surface area contributed by atoms with Crippen molar-refractivity contribution in [2.75, 3.05) is 32.8 Å². The summed E-state index contributed by atoms with van der Waals surface area (Å²) in [5.74, 6) is 0.678. The summed E-state index contributed by atoms with van der Waals surface area (Å²) >= 11 is 0. The third kappa shape index (κ3) is 6.25. The lowest BCUT2D eigenvalue weighted by molar-refractivity contribution is -0.144. The second-order valence-electron chi connectivity index (χ2n) is 4.34. The van der Waals surface area contributed by atoms with Crippen molar-refractivity contribution in [2.24, 2.45) is 0 Å². The first-order chi connectivity index (χ1) is 9.15. The van der Waals surface area contributed by atoms with Crippen molar-refractivity contribution in [2.45, 2.75) is 20.8 Å². The van der Waals surface area contributed by atoms with Crippen LogP contribution in [0, 0.1) is 6.92 Å². The van der Waals surface area contributed by atoms with Gasteiger partial charge in [-0.2, -0.15) is 0 Å². The number of hydrogen-bond donors (Lipinski definition) is 0. The van der Waals surface area contributed by atoms with Crippen molar-refractivity contribution in [1.82, 2.24) is 4.90 Å². The number of ether oxygens (including phenoxy) is 2. The van der Waals surface area contributed by atoms with Gasteiger partial charge in [-0.1, -0.05) is 24.6 Å². The number of hydrogen-bond acceptors (Lipinski definition) is 4. The quantitative estimate of drug-likeness (QED) is 0.676. The first-order valence-electron chi connectivity index (χ1n) is 6.73. The molecule has 0 aliphatic rings. The Balaban J connectivity index is 2.29. The van der Waals surface area contributed by atoms with Gasteiger partial charge < -0.3 is 9.47 Å². The number of benzene rings is 1. The van der Waals surface area contributed by atoms with Crippen LogP contribution in [0.4, 0.5) is 0 Å². The van der Waals surface area contributed by atoms with E-state index in [4.69, 9.17) is 9.47 Å². The zero-order valence-corrected chi connectivity index (χ0v) is 12.0. The Kier molecular flexibility index (Phi) is 6.97. The standard InChI is InChI=1S/C15H23NO3/c1-4-16(12-15(17)18-5-2)10-11-19-14-8-6-13(3)7-9-14/h6-9H,4-5,10-12H2,1-3H3. The van der Waals surface area contributed by atoms with E-state index in [1.54, 1.807) is 0 Å². The van der Waals surface area contributed by atoms with Gasteiger partial charge in [0.1, 0.15) is 12.4 Å². The maximum absolute atomic E-state index is 11.4. The third-order valence-corrected chi connectivity index (χ3v) is 2.80. The Labute approximate surface area is 115 Å². The van der Waals surface area contributed by atoms with Crippen LogP contribution in [0.1, 0.15) is 19.4 Å². The fraction of sp³-hybridized carbons (Fsp3) is 0.533. The van der Waals surface area contributed by atoms with Crippen LogP contribution in [-0.2, 0) is 9.53 Å². The highest BCUT2D eigenvalue weighted by Crippen LogP contribution is 2.11. The zero-order valence-electron chi connectivity index (χ0n) is 12.0. The molecule has 19 heavy (non-hydrogen) atoms. The van der Waals surface area contributed by atoms with E-state index < -0.39 is 0 Å². The van der Waals surface area contributed by atoms with Gasteiger partial charge in [-0.05, 0) is 32.5 Å². The molecule has 0 heterocycles. The van der Waals surface area contributed by atoms with Gasteiger partial charge in [0.05, 0.1) is 13.2 Å². The van der Waals surface area contributed by atoms with E-state index in [-0.39, 0.29) is 5.97 Å². The molecule has 4 nitrogen and oxygen atoms in total. The fourth-order valence-corrected chi connectivity index (χ4v) is 1.67. The maximum atomic E-state index is 11.4. The minimum absolute atomic E-state index is 0.181. The van der Waals surface area contributed by atoms with Crippen molar-refractivity contribution in [3.05, 3.63) is 29.8 Å². The second-order valence-corrected chi connectivity index (χ2v) is 4.34. The molecule has 0 radical (unpaired) electrons. The normalized spacial score (nSPS) is 10.5. The summed E-state index contributed by atoms with van der Waals surface area (Å²) in [5.41, 5.74) is 1.21. The highest BCUT2D eigenvalue weighted by molar-refractivity contribution is 5.71. The van der Waals surface area contributed by atoms with E-state index in [2.05, 4.69) is 0 Å². The van der Waals surface area contributed by atoms with Gasteiger partial charge >= 0.3 is 5.97 Å². The third-order valence-electron chi connectivity index (χ3n) is 2.80. The number of rotatable bonds is 8. The molecule has 0 unspecified atom stereocenters. The smallest absolute Gasteiger partial charge is 0.320 e. The molecule has 0 aliphatic carbocycles. The van der Waals surface area contributed by atoms with Gasteiger partial charge in [-0.15, -0.1) is 0 Å². The molecule has 1 aromatic rings. The van der Waals surface area contributed by atoms with Crippen LogP contribution in [0.15, 0.2) is 24.3 Å². The minimum atomic E-state index is -0.181. The van der Waals surface area contributed by atoms with Crippen LogP contribution in [0.5, 0.6) is 5.75 Å². The molecule has 0 aliphatic heterocycles. The molecule has 1 rings (SSSR count). The van der Waals surface area contributed by atoms with Crippen molar-refractivity contribution in [1.29, 1.82) is 0 Å². The van der Waals surface area contributed by atoms with Crippen LogP contribution in [0.2, 0.25) is 0 Å². The van der Waals surface area contributed by atoms with Crippen LogP contribution in [0.3, 0.4) is 0 Å². The number of likely N-dealkylation sites (N-methyl/N-ethyl adjacent to an activating group) is 1. The van der Waals surface area contributed by atoms with Gasteiger partial charge in [-0.25, -0.2) is 0 Å². The second kappa shape index (κ2) is 8.53. The Morgan fingerprint density at radius 1 is 1.21 bits per heavy atom. The van der Waals surface area contributed by atoms with Crippen molar-refractivity contribution in [3.8, 4) is 5.75 Å². The SMILES string of the molecule is CCOC(=O)CN(CC)CCOc1ccc(C)cc1. The van der Waals surface area contributed by atoms with E-state index in [0.29, 0.717) is 26.3 Å². The van der Waals surface area contributed by atoms with Gasteiger partial charge in [0.15, 0.2) is 0 Å². The summed E-state index contributed by atoms with van der Waals surface area (Å²) in [4.78, 5) is 13.4. The first-order valence-corrected chi connectivity index (χ1v) is 6.73. The average Bonchev–Trinajstić information content (AvgIpc) is 2.40. The van der Waals surface area contributed by atoms with Crippen LogP contribution < -0.4 is 4.74 Å². The Morgan fingerprint density at radius 3 is 2.47 bits per heavy atom. The molecule has 0 atom stereocenters. The molecular formula is C15H23NO3. The highest BCUT2D eigenvalue weighted by atomic mass is 16.5. The Hall–Kier alpha value is -1.55. The molecule has 0 amide bonds. The number of aryl methyl sites for hydroxylation is 1. The fourth-order valence-electron chi connectivity index (χ4n) is 1.67. The number of carbonyl (C=O) groups excluding carboxylic acids is 1. The molecule has 0 saturated heterocycles. The van der Waals surface area contributed by atoms with Crippen LogP contribution >= 0.6 is 0 Å². The van der Waals surface area contributed by atoms with Crippen molar-refractivity contribution in [3.63, 3.8) is 0 Å². The molecule has 4 heteroatoms. The highest BCUT2D eigenvalue weighted by Gasteiger charge is 2.09. The number of carbonyl (C=O) groups is 1. The number of esters is 1. The Morgan fingerprint density at radius 2 is 1.89 bits per heavy atom. The number of nitrogens with zero attached hydrogens (tertiary/aromatic N) is 1. The molecular weight excluding hydrogens is 242 g/mol. The Bertz CT molecular complexity index is 375. The molecule has 0 aromatic heterocycles. The van der Waals surface area contributed by atoms with Gasteiger partial charge in [0, 0.05) is 6.54 Å². The van der Waals surface area contributed by atoms with E-state index >= 15 is 0 Å². The van der Waals surface area contributed by atoms with Crippen molar-refractivity contribution >= 4 is 5.97 Å². The monoisotopic (exact) mass is 265 g/mol. The minimum Gasteiger partial charge on any atom is -0.492 e. The van der Waals surface area contributed by atoms with Crippen LogP contribution in [-0.4, -0.2) is 43.7 Å². The van der Waals surface area contributed by atoms with E-state index in [1.165, 1.54) is 5.56 Å². The topological polar surface area (TPSA) is 38.8 Å². The summed E-state index contributed by atoms with van der Waals surface area (Å²) < 4.78 is 10.6. The molecule has 0 N–H and O–H groups in total. The zero-order chi connectivity index (χ0) is 14.1. The molecule has 0 spiro atoms. The predicted molar refractivity (Wildman–Crippen MR) is 75.4 cm³/mol. The summed E-state index contributed by atoms with van der Waals surface area (Å²) in [5, 5.41) is 0. The lowest BCUT2D eigenvalue weighted by Crippen LogP contribution is -2.34. The average molecular weight is 265 g/mol. The van der Waals surface area contributed by atoms with Crippen LogP contribution in [0.25, 0.3) is 0 Å². The predicted octanol–water partition coefficient (Wildman–Crippen LogP) is 2.26. The summed E-state index contributed by atoms with van der Waals surface area (Å²) in [6.07, 6.45) is 0. The van der Waals surface area contributed by atoms with Gasteiger partial charge in [0.25, 0.3) is 0 Å². The first kappa shape index (κ1) is 15.5. The largest absolute Gasteiger partial charge is 0.492 e. The summed E-state index contributed by atoms with van der Waals surface area (Å²) in [7, 11) is 0. The lowest BCUT2D eigenvalue weighted by Gasteiger charge is -2.19. The molecule has 0 saturated carbocycles. The van der Waals surface area contributed by atoms with E-state index in [9.17, 15) is 4.79 Å². The maximum Gasteiger partial charge on any atom is 0.320 e. The van der Waals surface area contributed by atoms with Gasteiger partial charge in [-0.3, -0.25) is 9.69 Å². The summed E-state index contributed by atoms with van der Waals surface area (Å²) in [6.45, 7) is 8.70. The summed E-state index contributed by atoms with van der Waals surface area (Å²) in [6, 6.07) is 7.95. The molecule has 1 aromatic carbocycles. The van der Waals surface area contributed by atoms with E-state index in [1.807, 2.05) is 49.9 Å². The molecule has 106 valence electrons. The van der Waals surface area contributed by atoms with Gasteiger partial charge in [0.2, 0.25) is 0 Å². The van der Waals surface area contributed by atoms with E-state index in [0.717, 1.165) is 12.3 Å².